The first-order valence-corrected chi connectivity index (χ1v) is 9.89. The van der Waals surface area contributed by atoms with Crippen LogP contribution >= 0.6 is 27.7 Å². The van der Waals surface area contributed by atoms with Crippen molar-refractivity contribution in [1.29, 1.82) is 0 Å². The van der Waals surface area contributed by atoms with Gasteiger partial charge in [0.25, 0.3) is 0 Å². The number of carbonyl (C=O) groups excluding carboxylic acids is 1. The third kappa shape index (κ3) is 7.51. The number of rotatable bonds is 9. The number of likely N-dealkylation sites (N-methyl/N-ethyl adjacent to an activating group) is 1. The molecule has 24 heavy (non-hydrogen) atoms. The van der Waals surface area contributed by atoms with E-state index in [1.807, 2.05) is 41.9 Å². The number of carbonyl (C=O) groups is 1. The van der Waals surface area contributed by atoms with Crippen molar-refractivity contribution in [3.05, 3.63) is 70.2 Å². The van der Waals surface area contributed by atoms with Crippen LogP contribution in [0.5, 0.6) is 0 Å². The van der Waals surface area contributed by atoms with Gasteiger partial charge in [0.05, 0.1) is 6.54 Å². The number of halogens is 1. The lowest BCUT2D eigenvalue weighted by Crippen LogP contribution is -2.35. The molecule has 0 bridgehead atoms. The summed E-state index contributed by atoms with van der Waals surface area (Å²) in [6.45, 7) is 1.89. The third-order valence-electron chi connectivity index (χ3n) is 3.46. The van der Waals surface area contributed by atoms with Gasteiger partial charge in [0.15, 0.2) is 0 Å². The van der Waals surface area contributed by atoms with Gasteiger partial charge in [0.2, 0.25) is 5.91 Å². The molecule has 0 aliphatic carbocycles. The molecular formula is C19H23BrN2OS. The number of nitrogens with zero attached hydrogens (tertiary/aromatic N) is 1. The number of hydrogen-bond donors (Lipinski definition) is 1. The molecule has 128 valence electrons. The molecule has 0 atom stereocenters. The van der Waals surface area contributed by atoms with Crippen LogP contribution in [0.1, 0.15) is 11.1 Å². The Morgan fingerprint density at radius 2 is 1.79 bits per heavy atom. The summed E-state index contributed by atoms with van der Waals surface area (Å²) < 4.78 is 1.07. The zero-order chi connectivity index (χ0) is 17.2. The van der Waals surface area contributed by atoms with Crippen molar-refractivity contribution < 1.29 is 4.79 Å². The molecule has 3 nitrogen and oxygen atoms in total. The average molecular weight is 407 g/mol. The Hall–Kier alpha value is -1.30. The molecule has 0 radical (unpaired) electrons. The Morgan fingerprint density at radius 1 is 1.08 bits per heavy atom. The average Bonchev–Trinajstić information content (AvgIpc) is 2.57. The molecule has 5 heteroatoms. The Morgan fingerprint density at radius 3 is 2.50 bits per heavy atom. The quantitative estimate of drug-likeness (QED) is 0.640. The van der Waals surface area contributed by atoms with Crippen molar-refractivity contribution in [3.63, 3.8) is 0 Å². The first kappa shape index (κ1) is 19.0. The first-order valence-electron chi connectivity index (χ1n) is 7.95. The second-order valence-corrected chi connectivity index (χ2v) is 7.71. The zero-order valence-electron chi connectivity index (χ0n) is 13.9. The molecule has 2 aromatic carbocycles. The predicted molar refractivity (Wildman–Crippen MR) is 106 cm³/mol. The van der Waals surface area contributed by atoms with Gasteiger partial charge in [-0.1, -0.05) is 58.4 Å². The van der Waals surface area contributed by atoms with E-state index in [0.717, 1.165) is 22.5 Å². The van der Waals surface area contributed by atoms with E-state index >= 15 is 0 Å². The second-order valence-electron chi connectivity index (χ2n) is 5.69. The molecule has 2 aromatic rings. The van der Waals surface area contributed by atoms with E-state index in [4.69, 9.17) is 0 Å². The van der Waals surface area contributed by atoms with Crippen LogP contribution in [0.2, 0.25) is 0 Å². The fourth-order valence-electron chi connectivity index (χ4n) is 2.29. The summed E-state index contributed by atoms with van der Waals surface area (Å²) in [6.07, 6.45) is 0. The fourth-order valence-corrected chi connectivity index (χ4v) is 3.37. The minimum absolute atomic E-state index is 0.0786. The monoisotopic (exact) mass is 406 g/mol. The fraction of sp³-hybridized carbons (Fsp3) is 0.316. The van der Waals surface area contributed by atoms with Crippen LogP contribution in [0.25, 0.3) is 0 Å². The summed E-state index contributed by atoms with van der Waals surface area (Å²) in [5, 5.41) is 2.99. The third-order valence-corrected chi connectivity index (χ3v) is 5.02. The van der Waals surface area contributed by atoms with E-state index in [-0.39, 0.29) is 5.91 Å². The van der Waals surface area contributed by atoms with Crippen molar-refractivity contribution in [3.8, 4) is 0 Å². The highest BCUT2D eigenvalue weighted by Crippen LogP contribution is 2.12. The van der Waals surface area contributed by atoms with E-state index in [1.165, 1.54) is 11.1 Å². The smallest absolute Gasteiger partial charge is 0.234 e. The van der Waals surface area contributed by atoms with Gasteiger partial charge in [-0.3, -0.25) is 9.69 Å². The Bertz CT molecular complexity index is 619. The van der Waals surface area contributed by atoms with Crippen LogP contribution < -0.4 is 5.32 Å². The highest BCUT2D eigenvalue weighted by molar-refractivity contribution is 9.10. The number of hydrogen-bond acceptors (Lipinski definition) is 3. The maximum Gasteiger partial charge on any atom is 0.234 e. The minimum atomic E-state index is 0.0786. The molecule has 1 N–H and O–H groups in total. The molecule has 0 aliphatic heterocycles. The van der Waals surface area contributed by atoms with Crippen LogP contribution in [-0.4, -0.2) is 36.7 Å². The van der Waals surface area contributed by atoms with Gasteiger partial charge >= 0.3 is 0 Å². The zero-order valence-corrected chi connectivity index (χ0v) is 16.3. The molecule has 0 spiro atoms. The van der Waals surface area contributed by atoms with Crippen LogP contribution in [0.4, 0.5) is 0 Å². The molecule has 2 rings (SSSR count). The maximum atomic E-state index is 12.0. The molecular weight excluding hydrogens is 384 g/mol. The molecule has 0 aliphatic rings. The maximum absolute atomic E-state index is 12.0. The van der Waals surface area contributed by atoms with Crippen molar-refractivity contribution in [2.45, 2.75) is 12.3 Å². The molecule has 0 saturated heterocycles. The normalized spacial score (nSPS) is 10.8. The number of amides is 1. The molecule has 0 saturated carbocycles. The summed E-state index contributed by atoms with van der Waals surface area (Å²) in [5.74, 6) is 1.99. The van der Waals surface area contributed by atoms with E-state index in [0.29, 0.717) is 13.1 Å². The summed E-state index contributed by atoms with van der Waals surface area (Å²) in [6, 6.07) is 18.6. The Labute approximate surface area is 157 Å². The first-order chi connectivity index (χ1) is 11.6. The van der Waals surface area contributed by atoms with Gasteiger partial charge in [0.1, 0.15) is 0 Å². The predicted octanol–water partition coefficient (Wildman–Crippen LogP) is 3.93. The SMILES string of the molecule is CN(CC(=O)NCCSCc1ccccc1)Cc1ccc(Br)cc1. The van der Waals surface area contributed by atoms with E-state index in [2.05, 4.69) is 57.6 Å². The van der Waals surface area contributed by atoms with E-state index < -0.39 is 0 Å². The summed E-state index contributed by atoms with van der Waals surface area (Å²) >= 11 is 5.27. The van der Waals surface area contributed by atoms with E-state index in [1.54, 1.807) is 0 Å². The van der Waals surface area contributed by atoms with Crippen LogP contribution in [-0.2, 0) is 17.1 Å². The van der Waals surface area contributed by atoms with Crippen molar-refractivity contribution >= 4 is 33.6 Å². The standard InChI is InChI=1S/C19H23BrN2OS/c1-22(13-16-7-9-18(20)10-8-16)14-19(23)21-11-12-24-15-17-5-3-2-4-6-17/h2-10H,11-15H2,1H3,(H,21,23). The molecule has 1 amide bonds. The van der Waals surface area contributed by atoms with Crippen LogP contribution in [0.3, 0.4) is 0 Å². The van der Waals surface area contributed by atoms with Gasteiger partial charge in [-0.2, -0.15) is 11.8 Å². The lowest BCUT2D eigenvalue weighted by molar-refractivity contribution is -0.121. The second kappa shape index (κ2) is 10.5. The molecule has 0 unspecified atom stereocenters. The Kier molecular flexibility index (Phi) is 8.36. The highest BCUT2D eigenvalue weighted by Gasteiger charge is 2.06. The van der Waals surface area contributed by atoms with Gasteiger partial charge in [-0.05, 0) is 30.3 Å². The Balaban J connectivity index is 1.58. The van der Waals surface area contributed by atoms with Crippen molar-refractivity contribution in [2.24, 2.45) is 0 Å². The molecule has 0 heterocycles. The number of nitrogens with one attached hydrogen (secondary N) is 1. The lowest BCUT2D eigenvalue weighted by atomic mass is 10.2. The highest BCUT2D eigenvalue weighted by atomic mass is 79.9. The molecule has 0 fully saturated rings. The summed E-state index contributed by atoms with van der Waals surface area (Å²) in [4.78, 5) is 14.0. The number of thioether (sulfide) groups is 1. The minimum Gasteiger partial charge on any atom is -0.354 e. The topological polar surface area (TPSA) is 32.3 Å². The van der Waals surface area contributed by atoms with Gasteiger partial charge in [-0.15, -0.1) is 0 Å². The van der Waals surface area contributed by atoms with Gasteiger partial charge in [0, 0.05) is 29.1 Å². The van der Waals surface area contributed by atoms with Crippen molar-refractivity contribution in [2.75, 3.05) is 25.9 Å². The largest absolute Gasteiger partial charge is 0.354 e. The van der Waals surface area contributed by atoms with Crippen LogP contribution in [0.15, 0.2) is 59.1 Å². The lowest BCUT2D eigenvalue weighted by Gasteiger charge is -2.16. The van der Waals surface area contributed by atoms with Gasteiger partial charge in [-0.25, -0.2) is 0 Å². The summed E-state index contributed by atoms with van der Waals surface area (Å²) in [5.41, 5.74) is 2.52. The van der Waals surface area contributed by atoms with Crippen molar-refractivity contribution in [1.82, 2.24) is 10.2 Å². The number of benzene rings is 2. The van der Waals surface area contributed by atoms with Crippen LogP contribution in [0, 0.1) is 0 Å². The van der Waals surface area contributed by atoms with E-state index in [9.17, 15) is 4.79 Å². The van der Waals surface area contributed by atoms with Gasteiger partial charge < -0.3 is 5.32 Å². The summed E-state index contributed by atoms with van der Waals surface area (Å²) in [7, 11) is 1.96. The molecule has 0 aromatic heterocycles.